The molecule has 0 N–H and O–H groups in total. The van der Waals surface area contributed by atoms with E-state index in [1.807, 2.05) is 0 Å². The molecule has 0 aromatic rings. The molecule has 3 heteroatoms. The number of hydrogen-bond acceptors (Lipinski definition) is 3. The zero-order valence-corrected chi connectivity index (χ0v) is 7.47. The Morgan fingerprint density at radius 3 is 1.55 bits per heavy atom. The summed E-state index contributed by atoms with van der Waals surface area (Å²) in [6, 6.07) is 0. The van der Waals surface area contributed by atoms with Crippen LogP contribution >= 0.6 is 0 Å². The van der Waals surface area contributed by atoms with Crippen LogP contribution in [0.15, 0.2) is 0 Å². The molecule has 0 atom stereocenters. The Morgan fingerprint density at radius 1 is 0.727 bits per heavy atom. The van der Waals surface area contributed by atoms with Crippen LogP contribution < -0.4 is 0 Å². The summed E-state index contributed by atoms with van der Waals surface area (Å²) < 4.78 is 15.0. The van der Waals surface area contributed by atoms with Gasteiger partial charge in [-0.1, -0.05) is 0 Å². The Labute approximate surface area is 68.6 Å². The second-order valence-electron chi connectivity index (χ2n) is 2.31. The van der Waals surface area contributed by atoms with Crippen LogP contribution in [0.25, 0.3) is 0 Å². The molecule has 0 unspecified atom stereocenters. The van der Waals surface area contributed by atoms with Crippen LogP contribution in [0.5, 0.6) is 0 Å². The summed E-state index contributed by atoms with van der Waals surface area (Å²) in [4.78, 5) is 0. The lowest BCUT2D eigenvalue weighted by Gasteiger charge is -2.02. The van der Waals surface area contributed by atoms with E-state index in [0.717, 1.165) is 39.3 Å². The van der Waals surface area contributed by atoms with Gasteiger partial charge in [-0.3, -0.25) is 0 Å². The third-order valence-electron chi connectivity index (χ3n) is 1.27. The standard InChI is InChI=1S/C8H18O3/c1-9-5-3-7-11-8-4-6-10-2/h3-8H2,1-2H3. The lowest BCUT2D eigenvalue weighted by Crippen LogP contribution is -2.02. The summed E-state index contributed by atoms with van der Waals surface area (Å²) in [6.45, 7) is 3.14. The molecule has 3 nitrogen and oxygen atoms in total. The molecule has 0 fully saturated rings. The molecule has 0 bridgehead atoms. The van der Waals surface area contributed by atoms with Gasteiger partial charge in [0.05, 0.1) is 0 Å². The first-order valence-electron chi connectivity index (χ1n) is 3.97. The molecular weight excluding hydrogens is 144 g/mol. The fraction of sp³-hybridized carbons (Fsp3) is 1.00. The maximum absolute atomic E-state index is 5.28. The fourth-order valence-corrected chi connectivity index (χ4v) is 0.713. The molecule has 68 valence electrons. The van der Waals surface area contributed by atoms with Crippen LogP contribution in [-0.4, -0.2) is 40.6 Å². The monoisotopic (exact) mass is 162 g/mol. The molecule has 0 aliphatic rings. The van der Waals surface area contributed by atoms with Crippen molar-refractivity contribution in [2.24, 2.45) is 0 Å². The Bertz CT molecular complexity index is 58.4. The van der Waals surface area contributed by atoms with Gasteiger partial charge < -0.3 is 14.2 Å². The van der Waals surface area contributed by atoms with Crippen molar-refractivity contribution in [2.75, 3.05) is 40.6 Å². The van der Waals surface area contributed by atoms with Crippen molar-refractivity contribution in [1.82, 2.24) is 0 Å². The van der Waals surface area contributed by atoms with Crippen LogP contribution in [0.4, 0.5) is 0 Å². The molecule has 0 heterocycles. The zero-order chi connectivity index (χ0) is 8.36. The third-order valence-corrected chi connectivity index (χ3v) is 1.27. The largest absolute Gasteiger partial charge is 0.385 e. The highest BCUT2D eigenvalue weighted by atomic mass is 16.5. The maximum Gasteiger partial charge on any atom is 0.0488 e. The van der Waals surface area contributed by atoms with Crippen molar-refractivity contribution < 1.29 is 14.2 Å². The quantitative estimate of drug-likeness (QED) is 0.500. The number of rotatable bonds is 8. The summed E-state index contributed by atoms with van der Waals surface area (Å²) in [7, 11) is 3.40. The van der Waals surface area contributed by atoms with Crippen molar-refractivity contribution in [1.29, 1.82) is 0 Å². The van der Waals surface area contributed by atoms with E-state index in [9.17, 15) is 0 Å². The van der Waals surface area contributed by atoms with Crippen LogP contribution in [-0.2, 0) is 14.2 Å². The normalized spacial score (nSPS) is 10.4. The van der Waals surface area contributed by atoms with Gasteiger partial charge in [0.2, 0.25) is 0 Å². The minimum absolute atomic E-state index is 0.782. The second kappa shape index (κ2) is 9.88. The van der Waals surface area contributed by atoms with Crippen molar-refractivity contribution in [3.05, 3.63) is 0 Å². The highest BCUT2D eigenvalue weighted by Crippen LogP contribution is 1.86. The maximum atomic E-state index is 5.28. The molecule has 0 rings (SSSR count). The van der Waals surface area contributed by atoms with E-state index in [1.165, 1.54) is 0 Å². The molecule has 0 aliphatic heterocycles. The average Bonchev–Trinajstić information content (AvgIpc) is 2.03. The van der Waals surface area contributed by atoms with Gasteiger partial charge in [0.15, 0.2) is 0 Å². The first kappa shape index (κ1) is 10.9. The molecule has 0 aliphatic carbocycles. The van der Waals surface area contributed by atoms with Crippen molar-refractivity contribution >= 4 is 0 Å². The van der Waals surface area contributed by atoms with Gasteiger partial charge in [-0.05, 0) is 12.8 Å². The highest BCUT2D eigenvalue weighted by Gasteiger charge is 1.88. The van der Waals surface area contributed by atoms with E-state index in [-0.39, 0.29) is 0 Å². The first-order valence-corrected chi connectivity index (χ1v) is 3.97. The molecule has 0 aromatic heterocycles. The predicted molar refractivity (Wildman–Crippen MR) is 43.8 cm³/mol. The van der Waals surface area contributed by atoms with Crippen molar-refractivity contribution in [2.45, 2.75) is 12.8 Å². The Kier molecular flexibility index (Phi) is 9.77. The van der Waals surface area contributed by atoms with E-state index < -0.39 is 0 Å². The number of ether oxygens (including phenoxy) is 3. The van der Waals surface area contributed by atoms with Crippen molar-refractivity contribution in [3.63, 3.8) is 0 Å². The first-order chi connectivity index (χ1) is 5.41. The minimum Gasteiger partial charge on any atom is -0.385 e. The molecule has 0 amide bonds. The topological polar surface area (TPSA) is 27.7 Å². The summed E-state index contributed by atoms with van der Waals surface area (Å²) in [5.74, 6) is 0. The van der Waals surface area contributed by atoms with E-state index in [1.54, 1.807) is 14.2 Å². The summed E-state index contributed by atoms with van der Waals surface area (Å²) in [5, 5.41) is 0. The van der Waals surface area contributed by atoms with Gasteiger partial charge in [-0.2, -0.15) is 0 Å². The van der Waals surface area contributed by atoms with Gasteiger partial charge >= 0.3 is 0 Å². The Morgan fingerprint density at radius 2 is 1.18 bits per heavy atom. The zero-order valence-electron chi connectivity index (χ0n) is 7.47. The lowest BCUT2D eigenvalue weighted by molar-refractivity contribution is 0.0845. The van der Waals surface area contributed by atoms with Gasteiger partial charge in [-0.15, -0.1) is 0 Å². The molecule has 0 spiro atoms. The van der Waals surface area contributed by atoms with E-state index in [4.69, 9.17) is 14.2 Å². The van der Waals surface area contributed by atoms with Crippen LogP contribution in [0.3, 0.4) is 0 Å². The predicted octanol–water partition coefficient (Wildman–Crippen LogP) is 1.08. The Hall–Kier alpha value is -0.120. The second-order valence-corrected chi connectivity index (χ2v) is 2.31. The molecule has 11 heavy (non-hydrogen) atoms. The minimum atomic E-state index is 0.782. The highest BCUT2D eigenvalue weighted by molar-refractivity contribution is 4.35. The molecule has 0 radical (unpaired) electrons. The van der Waals surface area contributed by atoms with Gasteiger partial charge in [0.25, 0.3) is 0 Å². The van der Waals surface area contributed by atoms with Crippen LogP contribution in [0.1, 0.15) is 12.8 Å². The van der Waals surface area contributed by atoms with Gasteiger partial charge in [0, 0.05) is 40.6 Å². The van der Waals surface area contributed by atoms with Crippen LogP contribution in [0.2, 0.25) is 0 Å². The average molecular weight is 162 g/mol. The Balaban J connectivity index is 2.69. The summed E-state index contributed by atoms with van der Waals surface area (Å²) in [6.07, 6.45) is 1.95. The van der Waals surface area contributed by atoms with Crippen molar-refractivity contribution in [3.8, 4) is 0 Å². The molecular formula is C8H18O3. The van der Waals surface area contributed by atoms with Gasteiger partial charge in [0.1, 0.15) is 0 Å². The number of methoxy groups -OCH3 is 2. The van der Waals surface area contributed by atoms with E-state index >= 15 is 0 Å². The number of hydrogen-bond donors (Lipinski definition) is 0. The smallest absolute Gasteiger partial charge is 0.0488 e. The molecule has 0 saturated carbocycles. The van der Waals surface area contributed by atoms with E-state index in [0.29, 0.717) is 0 Å². The van der Waals surface area contributed by atoms with Gasteiger partial charge in [-0.25, -0.2) is 0 Å². The summed E-state index contributed by atoms with van der Waals surface area (Å²) >= 11 is 0. The van der Waals surface area contributed by atoms with Crippen LogP contribution in [0, 0.1) is 0 Å². The fourth-order valence-electron chi connectivity index (χ4n) is 0.713. The molecule has 0 aromatic carbocycles. The lowest BCUT2D eigenvalue weighted by atomic mass is 10.4. The van der Waals surface area contributed by atoms with E-state index in [2.05, 4.69) is 0 Å². The third kappa shape index (κ3) is 9.88. The molecule has 0 saturated heterocycles. The SMILES string of the molecule is COCCCOCCCOC. The summed E-state index contributed by atoms with van der Waals surface area (Å²) in [5.41, 5.74) is 0.